The van der Waals surface area contributed by atoms with Crippen LogP contribution in [0.5, 0.6) is 0 Å². The third kappa shape index (κ3) is 14.0. The number of amides is 1. The molecule has 28 heavy (non-hydrogen) atoms. The van der Waals surface area contributed by atoms with Crippen LogP contribution in [0.2, 0.25) is 0 Å². The Labute approximate surface area is 174 Å². The lowest BCUT2D eigenvalue weighted by Crippen LogP contribution is -2.24. The molecule has 1 aliphatic heterocycles. The molecule has 1 saturated heterocycles. The number of ketones is 1. The summed E-state index contributed by atoms with van der Waals surface area (Å²) in [5.74, 6) is 0.353. The Morgan fingerprint density at radius 2 is 1.36 bits per heavy atom. The minimum absolute atomic E-state index is 0.0188. The van der Waals surface area contributed by atoms with E-state index in [1.54, 1.807) is 0 Å². The highest BCUT2D eigenvalue weighted by molar-refractivity contribution is 5.87. The van der Waals surface area contributed by atoms with Crippen molar-refractivity contribution < 1.29 is 9.59 Å². The fourth-order valence-corrected chi connectivity index (χ4v) is 4.16. The molecule has 1 N–H and O–H groups in total. The van der Waals surface area contributed by atoms with E-state index in [4.69, 9.17) is 0 Å². The molecule has 1 amide bonds. The SMILES string of the molecule is C=CCCCCCCCCCCCCCCCCC(=O)C1CCCNC(=O)C1. The van der Waals surface area contributed by atoms with E-state index in [-0.39, 0.29) is 11.8 Å². The van der Waals surface area contributed by atoms with Gasteiger partial charge in [-0.2, -0.15) is 0 Å². The maximum atomic E-state index is 12.3. The van der Waals surface area contributed by atoms with E-state index in [0.29, 0.717) is 18.6 Å². The third-order valence-electron chi connectivity index (χ3n) is 6.02. The highest BCUT2D eigenvalue weighted by Gasteiger charge is 2.23. The molecule has 1 fully saturated rings. The van der Waals surface area contributed by atoms with Crippen LogP contribution in [0.25, 0.3) is 0 Å². The van der Waals surface area contributed by atoms with Crippen molar-refractivity contribution in [3.63, 3.8) is 0 Å². The van der Waals surface area contributed by atoms with Gasteiger partial charge < -0.3 is 5.32 Å². The highest BCUT2D eigenvalue weighted by atomic mass is 16.2. The molecule has 0 saturated carbocycles. The summed E-state index contributed by atoms with van der Waals surface area (Å²) in [6, 6.07) is 0. The quantitative estimate of drug-likeness (QED) is 0.204. The van der Waals surface area contributed by atoms with Crippen molar-refractivity contribution in [2.75, 3.05) is 6.54 Å². The van der Waals surface area contributed by atoms with E-state index in [0.717, 1.165) is 32.2 Å². The lowest BCUT2D eigenvalue weighted by atomic mass is 9.92. The lowest BCUT2D eigenvalue weighted by molar-refractivity contribution is -0.128. The number of carbonyl (C=O) groups excluding carboxylic acids is 2. The smallest absolute Gasteiger partial charge is 0.220 e. The summed E-state index contributed by atoms with van der Waals surface area (Å²) in [6.07, 6.45) is 24.6. The van der Waals surface area contributed by atoms with Crippen molar-refractivity contribution in [2.24, 2.45) is 5.92 Å². The van der Waals surface area contributed by atoms with Crippen molar-refractivity contribution in [3.05, 3.63) is 12.7 Å². The van der Waals surface area contributed by atoms with Gasteiger partial charge in [-0.1, -0.05) is 83.1 Å². The molecule has 0 radical (unpaired) electrons. The van der Waals surface area contributed by atoms with Gasteiger partial charge >= 0.3 is 0 Å². The van der Waals surface area contributed by atoms with Crippen LogP contribution in [0, 0.1) is 5.92 Å². The number of carbonyl (C=O) groups is 2. The Hall–Kier alpha value is -1.12. The summed E-state index contributed by atoms with van der Waals surface area (Å²) in [5.41, 5.74) is 0. The lowest BCUT2D eigenvalue weighted by Gasteiger charge is -2.11. The predicted molar refractivity (Wildman–Crippen MR) is 119 cm³/mol. The average Bonchev–Trinajstić information content (AvgIpc) is 2.92. The number of rotatable bonds is 18. The Kier molecular flexibility index (Phi) is 16.0. The van der Waals surface area contributed by atoms with E-state index in [2.05, 4.69) is 11.9 Å². The van der Waals surface area contributed by atoms with E-state index < -0.39 is 0 Å². The molecule has 3 heteroatoms. The first-order chi connectivity index (χ1) is 13.7. The van der Waals surface area contributed by atoms with Gasteiger partial charge in [0.1, 0.15) is 5.78 Å². The number of hydrogen-bond donors (Lipinski definition) is 1. The molecule has 1 aliphatic rings. The number of nitrogens with one attached hydrogen (secondary N) is 1. The maximum Gasteiger partial charge on any atom is 0.220 e. The van der Waals surface area contributed by atoms with Crippen molar-refractivity contribution in [1.82, 2.24) is 5.32 Å². The second-order valence-electron chi connectivity index (χ2n) is 8.64. The molecule has 1 rings (SSSR count). The topological polar surface area (TPSA) is 46.2 Å². The van der Waals surface area contributed by atoms with Crippen LogP contribution in [0.15, 0.2) is 12.7 Å². The van der Waals surface area contributed by atoms with Gasteiger partial charge in [-0.15, -0.1) is 6.58 Å². The van der Waals surface area contributed by atoms with Gasteiger partial charge in [0, 0.05) is 25.3 Å². The second-order valence-corrected chi connectivity index (χ2v) is 8.64. The molecule has 0 aromatic rings. The first-order valence-corrected chi connectivity index (χ1v) is 12.1. The molecule has 0 aromatic carbocycles. The van der Waals surface area contributed by atoms with E-state index >= 15 is 0 Å². The molecular formula is C25H45NO2. The standard InChI is InChI=1S/C25H45NO2/c1-2-3-4-5-6-7-8-9-10-11-12-13-14-15-16-17-20-24(27)23-19-18-21-26-25(28)22-23/h2,23H,1,3-22H2,(H,26,28). The number of allylic oxidation sites excluding steroid dienone is 1. The van der Waals surface area contributed by atoms with Crippen LogP contribution in [-0.2, 0) is 9.59 Å². The molecule has 1 heterocycles. The Bertz CT molecular complexity index is 419. The molecule has 1 atom stereocenters. The molecule has 162 valence electrons. The van der Waals surface area contributed by atoms with E-state index in [1.165, 1.54) is 83.5 Å². The summed E-state index contributed by atoms with van der Waals surface area (Å²) in [7, 11) is 0. The first-order valence-electron chi connectivity index (χ1n) is 12.1. The van der Waals surface area contributed by atoms with Crippen molar-refractivity contribution in [3.8, 4) is 0 Å². The van der Waals surface area contributed by atoms with Crippen LogP contribution in [0.4, 0.5) is 0 Å². The molecule has 3 nitrogen and oxygen atoms in total. The minimum atomic E-state index is -0.0188. The number of hydrogen-bond acceptors (Lipinski definition) is 2. The molecule has 0 aliphatic carbocycles. The largest absolute Gasteiger partial charge is 0.356 e. The molecule has 0 aromatic heterocycles. The first kappa shape index (κ1) is 24.9. The fraction of sp³-hybridized carbons (Fsp3) is 0.840. The zero-order valence-electron chi connectivity index (χ0n) is 18.3. The predicted octanol–water partition coefficient (Wildman–Crippen LogP) is 6.90. The summed E-state index contributed by atoms with van der Waals surface area (Å²) in [6.45, 7) is 4.50. The zero-order chi connectivity index (χ0) is 20.3. The minimum Gasteiger partial charge on any atom is -0.356 e. The summed E-state index contributed by atoms with van der Waals surface area (Å²) in [5, 5.41) is 2.86. The van der Waals surface area contributed by atoms with Gasteiger partial charge in [-0.05, 0) is 32.1 Å². The van der Waals surface area contributed by atoms with Crippen LogP contribution < -0.4 is 5.32 Å². The van der Waals surface area contributed by atoms with Crippen molar-refractivity contribution in [2.45, 2.75) is 122 Å². The molecular weight excluding hydrogens is 346 g/mol. The molecule has 1 unspecified atom stereocenters. The Morgan fingerprint density at radius 3 is 1.89 bits per heavy atom. The van der Waals surface area contributed by atoms with Crippen LogP contribution in [-0.4, -0.2) is 18.2 Å². The van der Waals surface area contributed by atoms with Crippen molar-refractivity contribution in [1.29, 1.82) is 0 Å². The third-order valence-corrected chi connectivity index (χ3v) is 6.02. The van der Waals surface area contributed by atoms with Gasteiger partial charge in [0.2, 0.25) is 5.91 Å². The number of Topliss-reactive ketones (excluding diaryl/α,β-unsaturated/α-hetero) is 1. The molecule has 0 bridgehead atoms. The number of unbranched alkanes of at least 4 members (excludes halogenated alkanes) is 14. The summed E-state index contributed by atoms with van der Waals surface area (Å²) < 4.78 is 0. The van der Waals surface area contributed by atoms with Gasteiger partial charge in [-0.25, -0.2) is 0 Å². The molecule has 0 spiro atoms. The zero-order valence-corrected chi connectivity index (χ0v) is 18.3. The normalized spacial score (nSPS) is 17.1. The van der Waals surface area contributed by atoms with Crippen molar-refractivity contribution >= 4 is 11.7 Å². The second kappa shape index (κ2) is 17.9. The summed E-state index contributed by atoms with van der Waals surface area (Å²) in [4.78, 5) is 23.8. The van der Waals surface area contributed by atoms with Gasteiger partial charge in [0.05, 0.1) is 0 Å². The Morgan fingerprint density at radius 1 is 0.857 bits per heavy atom. The highest BCUT2D eigenvalue weighted by Crippen LogP contribution is 2.19. The summed E-state index contributed by atoms with van der Waals surface area (Å²) >= 11 is 0. The van der Waals surface area contributed by atoms with Gasteiger partial charge in [0.25, 0.3) is 0 Å². The van der Waals surface area contributed by atoms with Crippen LogP contribution in [0.1, 0.15) is 122 Å². The van der Waals surface area contributed by atoms with E-state index in [1.807, 2.05) is 6.08 Å². The average molecular weight is 392 g/mol. The van der Waals surface area contributed by atoms with Crippen LogP contribution in [0.3, 0.4) is 0 Å². The maximum absolute atomic E-state index is 12.3. The Balaban J connectivity index is 1.81. The monoisotopic (exact) mass is 391 g/mol. The fourth-order valence-electron chi connectivity index (χ4n) is 4.16. The van der Waals surface area contributed by atoms with Gasteiger partial charge in [-0.3, -0.25) is 9.59 Å². The van der Waals surface area contributed by atoms with E-state index in [9.17, 15) is 9.59 Å². The van der Waals surface area contributed by atoms with Crippen LogP contribution >= 0.6 is 0 Å². The van der Waals surface area contributed by atoms with Gasteiger partial charge in [0.15, 0.2) is 0 Å².